The Kier molecular flexibility index (Phi) is 11.3. The molecule has 2 unspecified atom stereocenters. The van der Waals surface area contributed by atoms with Gasteiger partial charge in [-0.25, -0.2) is 0 Å². The van der Waals surface area contributed by atoms with Gasteiger partial charge in [0.2, 0.25) is 0 Å². The van der Waals surface area contributed by atoms with Gasteiger partial charge >= 0.3 is 0 Å². The van der Waals surface area contributed by atoms with Gasteiger partial charge in [0.25, 0.3) is 11.8 Å². The number of fused-ring (bicyclic) bond motifs is 2. The lowest BCUT2D eigenvalue weighted by Gasteiger charge is -2.27. The third-order valence-electron chi connectivity index (χ3n) is 9.75. The summed E-state index contributed by atoms with van der Waals surface area (Å²) in [5.74, 6) is 1.49. The van der Waals surface area contributed by atoms with E-state index in [-0.39, 0.29) is 11.8 Å². The maximum absolute atomic E-state index is 14.2. The molecule has 0 spiro atoms. The largest absolute Gasteiger partial charge is 0.493 e. The zero-order valence-corrected chi connectivity index (χ0v) is 30.2. The Labute approximate surface area is 306 Å². The molecule has 8 heteroatoms. The molecule has 7 rings (SSSR count). The SMILES string of the molecule is CCCCN(C(=O)c1ccc2cc(OCCC3CO3)ccc2c1)c1cccc(N(CCCC)C(=O)c2ccc3cc(OCCC4CO4)ccc3c2)c1. The third-order valence-corrected chi connectivity index (χ3v) is 9.75. The maximum atomic E-state index is 14.2. The van der Waals surface area contributed by atoms with Gasteiger partial charge in [-0.15, -0.1) is 0 Å². The molecule has 2 fully saturated rings. The van der Waals surface area contributed by atoms with E-state index in [1.807, 2.05) is 107 Å². The van der Waals surface area contributed by atoms with Crippen molar-refractivity contribution in [2.45, 2.75) is 64.6 Å². The minimum Gasteiger partial charge on any atom is -0.493 e. The molecule has 52 heavy (non-hydrogen) atoms. The van der Waals surface area contributed by atoms with Crippen LogP contribution in [0, 0.1) is 0 Å². The van der Waals surface area contributed by atoms with Crippen molar-refractivity contribution in [3.8, 4) is 11.5 Å². The van der Waals surface area contributed by atoms with Crippen molar-refractivity contribution in [2.75, 3.05) is 49.3 Å². The summed E-state index contributed by atoms with van der Waals surface area (Å²) in [7, 11) is 0. The number of anilines is 2. The van der Waals surface area contributed by atoms with Gasteiger partial charge in [0.15, 0.2) is 0 Å². The molecule has 0 saturated carbocycles. The van der Waals surface area contributed by atoms with Gasteiger partial charge < -0.3 is 28.7 Å². The number of unbranched alkanes of at least 4 members (excludes halogenated alkanes) is 2. The lowest BCUT2D eigenvalue weighted by molar-refractivity contribution is 0.0980. The van der Waals surface area contributed by atoms with E-state index in [9.17, 15) is 9.59 Å². The summed E-state index contributed by atoms with van der Waals surface area (Å²) in [5.41, 5.74) is 2.78. The molecule has 2 saturated heterocycles. The Balaban J connectivity index is 1.10. The highest BCUT2D eigenvalue weighted by Crippen LogP contribution is 2.30. The zero-order chi connectivity index (χ0) is 35.9. The summed E-state index contributed by atoms with van der Waals surface area (Å²) in [5, 5.41) is 4.00. The molecule has 270 valence electrons. The van der Waals surface area contributed by atoms with Gasteiger partial charge in [-0.1, -0.05) is 57.0 Å². The summed E-state index contributed by atoms with van der Waals surface area (Å²) in [6.45, 7) is 8.29. The smallest absolute Gasteiger partial charge is 0.258 e. The Morgan fingerprint density at radius 2 is 1.02 bits per heavy atom. The minimum atomic E-state index is -0.0672. The zero-order valence-electron chi connectivity index (χ0n) is 30.2. The summed E-state index contributed by atoms with van der Waals surface area (Å²) in [4.78, 5) is 32.1. The molecule has 0 N–H and O–H groups in total. The molecule has 8 nitrogen and oxygen atoms in total. The van der Waals surface area contributed by atoms with Crippen LogP contribution in [-0.2, 0) is 9.47 Å². The molecule has 2 heterocycles. The normalized spacial score (nSPS) is 16.1. The number of amides is 2. The van der Waals surface area contributed by atoms with Crippen LogP contribution in [0.5, 0.6) is 11.5 Å². The number of hydrogen-bond acceptors (Lipinski definition) is 6. The fraction of sp³-hybridized carbons (Fsp3) is 0.364. The van der Waals surface area contributed by atoms with E-state index in [4.69, 9.17) is 18.9 Å². The third kappa shape index (κ3) is 8.92. The highest BCUT2D eigenvalue weighted by Gasteiger charge is 2.24. The standard InChI is InChI=1S/C44H48N2O6/c1-3-5-20-45(43(47)35-12-10-33-26-39(16-14-31(33)24-35)49-22-18-41-29-51-41)37-8-7-9-38(28-37)46(21-6-4-2)44(48)36-13-11-34-27-40(17-15-32(34)25-36)50-23-19-42-30-52-42/h7-17,24-28,41-42H,3-6,18-23,29-30H2,1-2H3. The topological polar surface area (TPSA) is 84.1 Å². The van der Waals surface area contributed by atoms with Crippen LogP contribution in [0.15, 0.2) is 97.1 Å². The second-order valence-corrected chi connectivity index (χ2v) is 13.8. The van der Waals surface area contributed by atoms with Crippen LogP contribution in [0.2, 0.25) is 0 Å². The van der Waals surface area contributed by atoms with Gasteiger partial charge in [0.05, 0.1) is 38.6 Å². The van der Waals surface area contributed by atoms with Gasteiger partial charge in [-0.2, -0.15) is 0 Å². The van der Waals surface area contributed by atoms with Crippen LogP contribution < -0.4 is 19.3 Å². The molecule has 2 aliphatic rings. The van der Waals surface area contributed by atoms with E-state index >= 15 is 0 Å². The van der Waals surface area contributed by atoms with E-state index in [1.54, 1.807) is 0 Å². The van der Waals surface area contributed by atoms with Gasteiger partial charge in [-0.3, -0.25) is 9.59 Å². The highest BCUT2D eigenvalue weighted by molar-refractivity contribution is 6.10. The van der Waals surface area contributed by atoms with Crippen molar-refractivity contribution in [2.24, 2.45) is 0 Å². The Morgan fingerprint density at radius 3 is 1.44 bits per heavy atom. The first-order valence-electron chi connectivity index (χ1n) is 18.8. The second kappa shape index (κ2) is 16.6. The van der Waals surface area contributed by atoms with Crippen LogP contribution in [0.25, 0.3) is 21.5 Å². The van der Waals surface area contributed by atoms with Crippen molar-refractivity contribution in [1.29, 1.82) is 0 Å². The van der Waals surface area contributed by atoms with E-state index in [2.05, 4.69) is 13.8 Å². The van der Waals surface area contributed by atoms with E-state index in [0.717, 1.165) is 96.2 Å². The molecule has 5 aromatic rings. The average molecular weight is 701 g/mol. The van der Waals surface area contributed by atoms with Crippen molar-refractivity contribution in [1.82, 2.24) is 0 Å². The molecule has 0 bridgehead atoms. The Hall–Kier alpha value is -4.92. The summed E-state index contributed by atoms with van der Waals surface area (Å²) < 4.78 is 22.4. The molecular formula is C44H48N2O6. The van der Waals surface area contributed by atoms with Crippen molar-refractivity contribution >= 4 is 44.7 Å². The maximum Gasteiger partial charge on any atom is 0.258 e. The summed E-state index contributed by atoms with van der Waals surface area (Å²) in [6.07, 6.45) is 6.06. The quantitative estimate of drug-likeness (QED) is 0.0848. The lowest BCUT2D eigenvalue weighted by atomic mass is 10.0. The van der Waals surface area contributed by atoms with E-state index < -0.39 is 0 Å². The first-order valence-corrected chi connectivity index (χ1v) is 18.8. The van der Waals surface area contributed by atoms with Crippen LogP contribution in [0.1, 0.15) is 73.1 Å². The predicted molar refractivity (Wildman–Crippen MR) is 207 cm³/mol. The molecule has 5 aromatic carbocycles. The average Bonchev–Trinajstić information content (AvgIpc) is 4.12. The number of nitrogens with zero attached hydrogens (tertiary/aromatic N) is 2. The molecule has 0 aromatic heterocycles. The minimum absolute atomic E-state index is 0.0672. The molecule has 0 aliphatic carbocycles. The van der Waals surface area contributed by atoms with Gasteiger partial charge in [-0.05, 0) is 101 Å². The van der Waals surface area contributed by atoms with Crippen molar-refractivity contribution in [3.63, 3.8) is 0 Å². The van der Waals surface area contributed by atoms with Gasteiger partial charge in [0, 0.05) is 48.4 Å². The van der Waals surface area contributed by atoms with Gasteiger partial charge in [0.1, 0.15) is 11.5 Å². The van der Waals surface area contributed by atoms with Crippen molar-refractivity contribution in [3.05, 3.63) is 108 Å². The predicted octanol–water partition coefficient (Wildman–Crippen LogP) is 9.22. The number of ether oxygens (including phenoxy) is 4. The summed E-state index contributed by atoms with van der Waals surface area (Å²) in [6, 6.07) is 31.5. The fourth-order valence-corrected chi connectivity index (χ4v) is 6.45. The molecule has 2 aliphatic heterocycles. The van der Waals surface area contributed by atoms with Crippen LogP contribution >= 0.6 is 0 Å². The Bertz CT molecular complexity index is 1880. The number of epoxide rings is 2. The first kappa shape index (κ1) is 35.5. The molecule has 0 radical (unpaired) electrons. The fourth-order valence-electron chi connectivity index (χ4n) is 6.45. The molecular weight excluding hydrogens is 652 g/mol. The molecule has 2 atom stereocenters. The number of carbonyl (C=O) groups is 2. The number of benzene rings is 5. The van der Waals surface area contributed by atoms with Crippen LogP contribution in [0.3, 0.4) is 0 Å². The molecule has 2 amide bonds. The monoisotopic (exact) mass is 700 g/mol. The lowest BCUT2D eigenvalue weighted by Crippen LogP contribution is -2.34. The summed E-state index contributed by atoms with van der Waals surface area (Å²) >= 11 is 0. The number of rotatable bonds is 18. The first-order chi connectivity index (χ1) is 25.5. The van der Waals surface area contributed by atoms with E-state index in [0.29, 0.717) is 49.6 Å². The Morgan fingerprint density at radius 1 is 0.596 bits per heavy atom. The van der Waals surface area contributed by atoms with Crippen LogP contribution in [0.4, 0.5) is 11.4 Å². The number of carbonyl (C=O) groups excluding carboxylic acids is 2. The second-order valence-electron chi connectivity index (χ2n) is 13.8. The van der Waals surface area contributed by atoms with Crippen molar-refractivity contribution < 1.29 is 28.5 Å². The van der Waals surface area contributed by atoms with Crippen LogP contribution in [-0.4, -0.2) is 63.5 Å². The highest BCUT2D eigenvalue weighted by atomic mass is 16.6. The number of hydrogen-bond donors (Lipinski definition) is 0. The van der Waals surface area contributed by atoms with E-state index in [1.165, 1.54) is 0 Å².